The Morgan fingerprint density at radius 2 is 1.83 bits per heavy atom. The molecule has 3 rings (SSSR count). The fraction of sp³-hybridized carbons (Fsp3) is 0.176. The van der Waals surface area contributed by atoms with Gasteiger partial charge in [0.15, 0.2) is 5.82 Å². The zero-order valence-electron chi connectivity index (χ0n) is 13.1. The first-order chi connectivity index (χ1) is 11.2. The monoisotopic (exact) mass is 306 g/mol. The highest BCUT2D eigenvalue weighted by molar-refractivity contribution is 5.63. The summed E-state index contributed by atoms with van der Waals surface area (Å²) in [6, 6.07) is 10.0. The summed E-state index contributed by atoms with van der Waals surface area (Å²) >= 11 is 0. The van der Waals surface area contributed by atoms with Crippen LogP contribution in [0.25, 0.3) is 0 Å². The molecule has 116 valence electrons. The van der Waals surface area contributed by atoms with Crippen molar-refractivity contribution in [2.24, 2.45) is 0 Å². The molecule has 0 bridgehead atoms. The van der Waals surface area contributed by atoms with Gasteiger partial charge in [-0.2, -0.15) is 10.1 Å². The molecule has 1 aromatic carbocycles. The number of nitrogens with one attached hydrogen (secondary N) is 2. The quantitative estimate of drug-likeness (QED) is 0.753. The molecule has 0 saturated heterocycles. The van der Waals surface area contributed by atoms with Gasteiger partial charge in [0.1, 0.15) is 0 Å². The van der Waals surface area contributed by atoms with Crippen LogP contribution in [0.15, 0.2) is 48.9 Å². The van der Waals surface area contributed by atoms with Crippen LogP contribution in [0.2, 0.25) is 0 Å². The van der Waals surface area contributed by atoms with Gasteiger partial charge in [-0.15, -0.1) is 5.10 Å². The molecule has 0 radical (unpaired) electrons. The van der Waals surface area contributed by atoms with E-state index in [1.54, 1.807) is 12.4 Å². The number of nitrogens with zero attached hydrogens (tertiary/aromatic N) is 4. The predicted octanol–water partition coefficient (Wildman–Crippen LogP) is 3.24. The van der Waals surface area contributed by atoms with E-state index in [2.05, 4.69) is 30.8 Å². The summed E-state index contributed by atoms with van der Waals surface area (Å²) in [5, 5.41) is 14.5. The van der Waals surface area contributed by atoms with Gasteiger partial charge in [0.25, 0.3) is 0 Å². The van der Waals surface area contributed by atoms with Crippen molar-refractivity contribution in [2.75, 3.05) is 10.6 Å². The van der Waals surface area contributed by atoms with Gasteiger partial charge in [0, 0.05) is 24.6 Å². The van der Waals surface area contributed by atoms with Gasteiger partial charge in [0.2, 0.25) is 5.95 Å². The number of rotatable bonds is 5. The molecule has 2 aromatic heterocycles. The topological polar surface area (TPSA) is 75.6 Å². The summed E-state index contributed by atoms with van der Waals surface area (Å²) in [4.78, 5) is 8.54. The van der Waals surface area contributed by atoms with Crippen LogP contribution in [0.3, 0.4) is 0 Å². The summed E-state index contributed by atoms with van der Waals surface area (Å²) in [6.07, 6.45) is 5.17. The van der Waals surface area contributed by atoms with Crippen LogP contribution < -0.4 is 10.6 Å². The van der Waals surface area contributed by atoms with E-state index in [4.69, 9.17) is 0 Å². The Morgan fingerprint density at radius 3 is 2.57 bits per heavy atom. The van der Waals surface area contributed by atoms with Crippen molar-refractivity contribution in [3.63, 3.8) is 0 Å². The third-order valence-corrected chi connectivity index (χ3v) is 3.47. The van der Waals surface area contributed by atoms with E-state index in [9.17, 15) is 0 Å². The predicted molar refractivity (Wildman–Crippen MR) is 90.6 cm³/mol. The fourth-order valence-electron chi connectivity index (χ4n) is 2.26. The molecule has 0 amide bonds. The van der Waals surface area contributed by atoms with E-state index in [1.165, 1.54) is 0 Å². The Labute approximate surface area is 135 Å². The molecule has 0 atom stereocenters. The van der Waals surface area contributed by atoms with Crippen molar-refractivity contribution < 1.29 is 0 Å². The lowest BCUT2D eigenvalue weighted by molar-refractivity contribution is 0.963. The number of pyridine rings is 1. The summed E-state index contributed by atoms with van der Waals surface area (Å²) in [5.41, 5.74) is 4.37. The lowest BCUT2D eigenvalue weighted by atomic mass is 10.1. The second-order valence-electron chi connectivity index (χ2n) is 5.27. The number of benzene rings is 1. The van der Waals surface area contributed by atoms with E-state index in [0.29, 0.717) is 18.3 Å². The molecule has 2 N–H and O–H groups in total. The first-order valence-electron chi connectivity index (χ1n) is 7.38. The number of hydrogen-bond donors (Lipinski definition) is 2. The molecule has 0 aliphatic carbocycles. The molecule has 0 unspecified atom stereocenters. The fourth-order valence-corrected chi connectivity index (χ4v) is 2.26. The highest BCUT2D eigenvalue weighted by atomic mass is 15.3. The molecule has 6 heteroatoms. The molecule has 23 heavy (non-hydrogen) atoms. The van der Waals surface area contributed by atoms with Gasteiger partial charge in [-0.3, -0.25) is 4.98 Å². The van der Waals surface area contributed by atoms with E-state index < -0.39 is 0 Å². The van der Waals surface area contributed by atoms with Crippen LogP contribution in [-0.4, -0.2) is 20.2 Å². The van der Waals surface area contributed by atoms with Crippen LogP contribution in [-0.2, 0) is 6.54 Å². The molecular weight excluding hydrogens is 288 g/mol. The third-order valence-electron chi connectivity index (χ3n) is 3.47. The van der Waals surface area contributed by atoms with E-state index in [1.807, 2.05) is 50.4 Å². The standard InChI is InChI=1S/C17H18N6/c1-12-5-3-6-13(2)16(12)22-17-21-15(11-20-23-17)19-10-14-7-4-8-18-9-14/h3-9,11H,10H2,1-2H3,(H2,19,21,22,23). The van der Waals surface area contributed by atoms with Crippen molar-refractivity contribution in [3.8, 4) is 0 Å². The van der Waals surface area contributed by atoms with Gasteiger partial charge in [-0.05, 0) is 36.6 Å². The van der Waals surface area contributed by atoms with Crippen LogP contribution in [0.5, 0.6) is 0 Å². The number of aromatic nitrogens is 4. The third kappa shape index (κ3) is 3.79. The summed E-state index contributed by atoms with van der Waals surface area (Å²) in [5.74, 6) is 1.14. The van der Waals surface area contributed by atoms with Gasteiger partial charge < -0.3 is 10.6 Å². The normalized spacial score (nSPS) is 10.3. The molecule has 2 heterocycles. The Hall–Kier alpha value is -3.02. The minimum Gasteiger partial charge on any atom is -0.364 e. The molecule has 0 fully saturated rings. The maximum absolute atomic E-state index is 4.45. The molecule has 6 nitrogen and oxygen atoms in total. The van der Waals surface area contributed by atoms with Crippen molar-refractivity contribution in [2.45, 2.75) is 20.4 Å². The Kier molecular flexibility index (Phi) is 4.42. The summed E-state index contributed by atoms with van der Waals surface area (Å²) in [7, 11) is 0. The highest BCUT2D eigenvalue weighted by Gasteiger charge is 2.06. The number of para-hydroxylation sites is 1. The highest BCUT2D eigenvalue weighted by Crippen LogP contribution is 2.22. The smallest absolute Gasteiger partial charge is 0.249 e. The number of aryl methyl sites for hydroxylation is 2. The summed E-state index contributed by atoms with van der Waals surface area (Å²) < 4.78 is 0. The van der Waals surface area contributed by atoms with E-state index in [0.717, 1.165) is 22.4 Å². The van der Waals surface area contributed by atoms with E-state index in [-0.39, 0.29) is 0 Å². The zero-order valence-corrected chi connectivity index (χ0v) is 13.1. The molecular formula is C17H18N6. The van der Waals surface area contributed by atoms with Crippen molar-refractivity contribution in [3.05, 3.63) is 65.6 Å². The zero-order chi connectivity index (χ0) is 16.1. The van der Waals surface area contributed by atoms with Crippen LogP contribution in [0, 0.1) is 13.8 Å². The van der Waals surface area contributed by atoms with E-state index >= 15 is 0 Å². The molecule has 0 spiro atoms. The first-order valence-corrected chi connectivity index (χ1v) is 7.38. The van der Waals surface area contributed by atoms with Crippen LogP contribution in [0.1, 0.15) is 16.7 Å². The second-order valence-corrected chi connectivity index (χ2v) is 5.27. The Morgan fingerprint density at radius 1 is 1.00 bits per heavy atom. The maximum atomic E-state index is 4.45. The maximum Gasteiger partial charge on any atom is 0.249 e. The minimum absolute atomic E-state index is 0.471. The van der Waals surface area contributed by atoms with Gasteiger partial charge >= 0.3 is 0 Å². The van der Waals surface area contributed by atoms with Gasteiger partial charge in [0.05, 0.1) is 6.20 Å². The average Bonchev–Trinajstić information content (AvgIpc) is 2.58. The lowest BCUT2D eigenvalue weighted by Crippen LogP contribution is -2.06. The first kappa shape index (κ1) is 14.9. The number of hydrogen-bond acceptors (Lipinski definition) is 6. The van der Waals surface area contributed by atoms with Crippen molar-refractivity contribution >= 4 is 17.5 Å². The largest absolute Gasteiger partial charge is 0.364 e. The molecule has 3 aromatic rings. The van der Waals surface area contributed by atoms with Crippen molar-refractivity contribution in [1.29, 1.82) is 0 Å². The molecule has 0 aliphatic heterocycles. The SMILES string of the molecule is Cc1cccc(C)c1Nc1nncc(NCc2cccnc2)n1. The molecule has 0 aliphatic rings. The summed E-state index contributed by atoms with van der Waals surface area (Å²) in [6.45, 7) is 4.73. The Bertz CT molecular complexity index is 768. The average molecular weight is 306 g/mol. The van der Waals surface area contributed by atoms with Gasteiger partial charge in [-0.25, -0.2) is 0 Å². The lowest BCUT2D eigenvalue weighted by Gasteiger charge is -2.11. The second kappa shape index (κ2) is 6.83. The van der Waals surface area contributed by atoms with Gasteiger partial charge in [-0.1, -0.05) is 24.3 Å². The minimum atomic E-state index is 0.471. The molecule has 0 saturated carbocycles. The van der Waals surface area contributed by atoms with Crippen LogP contribution >= 0.6 is 0 Å². The number of anilines is 3. The van der Waals surface area contributed by atoms with Crippen LogP contribution in [0.4, 0.5) is 17.5 Å². The Balaban J connectivity index is 1.72. The van der Waals surface area contributed by atoms with Crippen molar-refractivity contribution in [1.82, 2.24) is 20.2 Å².